The van der Waals surface area contributed by atoms with Gasteiger partial charge >= 0.3 is 0 Å². The highest BCUT2D eigenvalue weighted by Gasteiger charge is 2.25. The average molecular weight is 291 g/mol. The molecule has 0 aliphatic heterocycles. The number of rotatable bonds is 6. The molecular formula is C12H34N2Si3. The molecule has 17 heavy (non-hydrogen) atoms. The molecule has 0 rings (SSSR count). The third kappa shape index (κ3) is 6.33. The highest BCUT2D eigenvalue weighted by molar-refractivity contribution is 7.00. The first-order valence-electron chi connectivity index (χ1n) is 7.09. The molecule has 0 aromatic carbocycles. The SMILES string of the molecule is CC(C)N([SiH2][SiH2]N([SiH](C)C)C(C)(C)C)C(C)C. The van der Waals surface area contributed by atoms with Crippen LogP contribution < -0.4 is 0 Å². The maximum atomic E-state index is 2.93. The minimum atomic E-state index is -0.629. The third-order valence-corrected chi connectivity index (χ3v) is 17.1. The Morgan fingerprint density at radius 3 is 1.53 bits per heavy atom. The monoisotopic (exact) mass is 290 g/mol. The molecule has 0 aliphatic carbocycles. The summed E-state index contributed by atoms with van der Waals surface area (Å²) in [5.74, 6) is 0. The van der Waals surface area contributed by atoms with Crippen molar-refractivity contribution < 1.29 is 0 Å². The predicted octanol–water partition coefficient (Wildman–Crippen LogP) is 1.27. The topological polar surface area (TPSA) is 6.48 Å². The number of hydrogen-bond acceptors (Lipinski definition) is 2. The fourth-order valence-corrected chi connectivity index (χ4v) is 20.6. The van der Waals surface area contributed by atoms with Crippen molar-refractivity contribution in [3.63, 3.8) is 0 Å². The smallest absolute Gasteiger partial charge is 0.0981 e. The molecule has 0 N–H and O–H groups in total. The molecule has 0 aliphatic rings. The minimum absolute atomic E-state index is 0.000478. The van der Waals surface area contributed by atoms with E-state index in [2.05, 4.69) is 70.4 Å². The molecule has 0 spiro atoms. The van der Waals surface area contributed by atoms with E-state index in [4.69, 9.17) is 0 Å². The summed E-state index contributed by atoms with van der Waals surface area (Å²) in [6.45, 7) is 21.6. The van der Waals surface area contributed by atoms with Crippen LogP contribution in [0.25, 0.3) is 0 Å². The summed E-state index contributed by atoms with van der Waals surface area (Å²) >= 11 is 0. The first-order chi connectivity index (χ1) is 7.57. The van der Waals surface area contributed by atoms with Crippen molar-refractivity contribution in [1.29, 1.82) is 0 Å². The molecule has 0 saturated heterocycles. The molecule has 0 aromatic rings. The molecule has 2 nitrogen and oxygen atoms in total. The van der Waals surface area contributed by atoms with Crippen LogP contribution in [-0.4, -0.2) is 53.8 Å². The van der Waals surface area contributed by atoms with Crippen LogP contribution in [0.3, 0.4) is 0 Å². The van der Waals surface area contributed by atoms with Crippen molar-refractivity contribution in [3.8, 4) is 0 Å². The van der Waals surface area contributed by atoms with E-state index >= 15 is 0 Å². The van der Waals surface area contributed by atoms with Crippen molar-refractivity contribution in [2.75, 3.05) is 0 Å². The van der Waals surface area contributed by atoms with Gasteiger partial charge in [0.2, 0.25) is 0 Å². The highest BCUT2D eigenvalue weighted by Crippen LogP contribution is 2.14. The Hall–Kier alpha value is 0.571. The standard InChI is InChI=1S/C12H34N2Si3/c1-10(2)13(11(3)4)15-16-14(17(8)9)12(5,6)7/h10-11,17H,15-16H2,1-9H3. The average Bonchev–Trinajstić information content (AvgIpc) is 2.07. The van der Waals surface area contributed by atoms with Crippen LogP contribution in [0.15, 0.2) is 0 Å². The molecule has 0 amide bonds. The van der Waals surface area contributed by atoms with E-state index < -0.39 is 8.96 Å². The van der Waals surface area contributed by atoms with Crippen LogP contribution in [-0.2, 0) is 0 Å². The van der Waals surface area contributed by atoms with E-state index in [9.17, 15) is 0 Å². The second-order valence-corrected chi connectivity index (χ2v) is 15.4. The number of nitrogens with zero attached hydrogens (tertiary/aromatic N) is 2. The summed E-state index contributed by atoms with van der Waals surface area (Å²) < 4.78 is 5.72. The zero-order valence-corrected chi connectivity index (χ0v) is 17.5. The van der Waals surface area contributed by atoms with E-state index in [1.165, 1.54) is 0 Å². The Morgan fingerprint density at radius 2 is 1.29 bits per heavy atom. The Morgan fingerprint density at radius 1 is 0.882 bits per heavy atom. The van der Waals surface area contributed by atoms with Crippen molar-refractivity contribution in [1.82, 2.24) is 8.80 Å². The first kappa shape index (κ1) is 17.6. The van der Waals surface area contributed by atoms with Gasteiger partial charge in [-0.1, -0.05) is 40.8 Å². The van der Waals surface area contributed by atoms with Crippen molar-refractivity contribution >= 4 is 27.4 Å². The lowest BCUT2D eigenvalue weighted by molar-refractivity contribution is 0.314. The molecule has 104 valence electrons. The second kappa shape index (κ2) is 7.23. The first-order valence-corrected chi connectivity index (χ1v) is 15.2. The summed E-state index contributed by atoms with van der Waals surface area (Å²) in [6, 6.07) is 1.48. The predicted molar refractivity (Wildman–Crippen MR) is 89.7 cm³/mol. The molecule has 0 unspecified atom stereocenters. The zero-order valence-electron chi connectivity index (χ0n) is 13.5. The van der Waals surface area contributed by atoms with Gasteiger partial charge in [-0.05, 0) is 38.4 Å². The maximum absolute atomic E-state index is 2.93. The van der Waals surface area contributed by atoms with Crippen LogP contribution in [0.2, 0.25) is 13.1 Å². The number of hydrogen-bond donors (Lipinski definition) is 0. The molecule has 0 saturated carbocycles. The lowest BCUT2D eigenvalue weighted by Crippen LogP contribution is -2.56. The van der Waals surface area contributed by atoms with Gasteiger partial charge in [-0.15, -0.1) is 0 Å². The fraction of sp³-hybridized carbons (Fsp3) is 1.00. The molecule has 0 aromatic heterocycles. The second-order valence-electron chi connectivity index (χ2n) is 6.88. The summed E-state index contributed by atoms with van der Waals surface area (Å²) in [4.78, 5) is 0. The van der Waals surface area contributed by atoms with Gasteiger partial charge < -0.3 is 8.80 Å². The molecule has 0 heterocycles. The van der Waals surface area contributed by atoms with Gasteiger partial charge in [-0.3, -0.25) is 0 Å². The lowest BCUT2D eigenvalue weighted by Gasteiger charge is -2.41. The van der Waals surface area contributed by atoms with Crippen LogP contribution in [0.1, 0.15) is 48.5 Å². The Bertz CT molecular complexity index is 204. The van der Waals surface area contributed by atoms with E-state index in [1.54, 1.807) is 0 Å². The van der Waals surface area contributed by atoms with Gasteiger partial charge in [0.15, 0.2) is 0 Å². The van der Waals surface area contributed by atoms with Gasteiger partial charge in [0.05, 0.1) is 27.4 Å². The largest absolute Gasteiger partial charge is 0.350 e. The van der Waals surface area contributed by atoms with E-state index in [-0.39, 0.29) is 18.4 Å². The van der Waals surface area contributed by atoms with Crippen LogP contribution in [0.5, 0.6) is 0 Å². The van der Waals surface area contributed by atoms with Crippen LogP contribution in [0.4, 0.5) is 0 Å². The molecule has 5 heteroatoms. The van der Waals surface area contributed by atoms with Crippen molar-refractivity contribution in [2.45, 2.75) is 79.2 Å². The van der Waals surface area contributed by atoms with Gasteiger partial charge in [-0.25, -0.2) is 0 Å². The van der Waals surface area contributed by atoms with Crippen LogP contribution in [0, 0.1) is 0 Å². The van der Waals surface area contributed by atoms with Crippen LogP contribution >= 0.6 is 0 Å². The van der Waals surface area contributed by atoms with Gasteiger partial charge in [-0.2, -0.15) is 0 Å². The fourth-order valence-electron chi connectivity index (χ4n) is 2.70. The van der Waals surface area contributed by atoms with E-state index in [0.29, 0.717) is 5.54 Å². The van der Waals surface area contributed by atoms with Gasteiger partial charge in [0.1, 0.15) is 0 Å². The Kier molecular flexibility index (Phi) is 7.47. The minimum Gasteiger partial charge on any atom is -0.350 e. The highest BCUT2D eigenvalue weighted by atomic mass is 29.2. The van der Waals surface area contributed by atoms with Crippen molar-refractivity contribution in [2.24, 2.45) is 0 Å². The van der Waals surface area contributed by atoms with Gasteiger partial charge in [0.25, 0.3) is 0 Å². The Balaban J connectivity index is 4.49. The molecular weight excluding hydrogens is 256 g/mol. The molecule has 0 fully saturated rings. The summed E-state index contributed by atoms with van der Waals surface area (Å²) in [6.07, 6.45) is 0. The maximum Gasteiger partial charge on any atom is 0.0981 e. The van der Waals surface area contributed by atoms with Crippen molar-refractivity contribution in [3.05, 3.63) is 0 Å². The van der Waals surface area contributed by atoms with Gasteiger partial charge in [0, 0.05) is 0 Å². The molecule has 0 atom stereocenters. The summed E-state index contributed by atoms with van der Waals surface area (Å²) in [5.41, 5.74) is 0.416. The summed E-state index contributed by atoms with van der Waals surface area (Å²) in [7, 11) is -0.635. The third-order valence-electron chi connectivity index (χ3n) is 3.41. The molecule has 0 bridgehead atoms. The lowest BCUT2D eigenvalue weighted by atomic mass is 10.1. The van der Waals surface area contributed by atoms with E-state index in [0.717, 1.165) is 12.1 Å². The Labute approximate surface area is 115 Å². The summed E-state index contributed by atoms with van der Waals surface area (Å²) in [5, 5.41) is 0. The van der Waals surface area contributed by atoms with E-state index in [1.807, 2.05) is 0 Å². The molecule has 0 radical (unpaired) electrons. The quantitative estimate of drug-likeness (QED) is 0.680. The zero-order chi connectivity index (χ0) is 13.8. The normalized spacial score (nSPS) is 15.2.